The molecule has 0 radical (unpaired) electrons. The van der Waals surface area contributed by atoms with Crippen LogP contribution in [0.25, 0.3) is 0 Å². The Bertz CT molecular complexity index is 745. The maximum Gasteiger partial charge on any atom is 0.333 e. The summed E-state index contributed by atoms with van der Waals surface area (Å²) in [5.74, 6) is -0.180. The Labute approximate surface area is 142 Å². The van der Waals surface area contributed by atoms with Crippen LogP contribution in [0.1, 0.15) is 0 Å². The molecule has 7 heteroatoms. The van der Waals surface area contributed by atoms with Gasteiger partial charge in [0.15, 0.2) is 5.75 Å². The number of halogens is 2. The average Bonchev–Trinajstić information content (AvgIpc) is 2.50. The van der Waals surface area contributed by atoms with Gasteiger partial charge in [0, 0.05) is 10.0 Å². The molecular formula is C16H11Cl2NO4. The van der Waals surface area contributed by atoms with E-state index >= 15 is 0 Å². The van der Waals surface area contributed by atoms with Crippen LogP contribution in [0, 0.1) is 0 Å². The van der Waals surface area contributed by atoms with E-state index in [9.17, 15) is 9.59 Å². The number of morpholine rings is 1. The van der Waals surface area contributed by atoms with Crippen LogP contribution in [-0.4, -0.2) is 25.0 Å². The summed E-state index contributed by atoms with van der Waals surface area (Å²) in [6, 6.07) is 11.8. The molecule has 118 valence electrons. The van der Waals surface area contributed by atoms with E-state index in [1.54, 1.807) is 47.4 Å². The number of nitrogens with zero attached hydrogens (tertiary/aromatic N) is 1. The van der Waals surface area contributed by atoms with E-state index in [-0.39, 0.29) is 13.1 Å². The minimum Gasteiger partial charge on any atom is -0.455 e. The first-order valence-corrected chi connectivity index (χ1v) is 7.48. The van der Waals surface area contributed by atoms with Crippen LogP contribution >= 0.6 is 23.2 Å². The maximum absolute atomic E-state index is 11.5. The zero-order valence-electron chi connectivity index (χ0n) is 11.8. The summed E-state index contributed by atoms with van der Waals surface area (Å²) in [5.41, 5.74) is 0.539. The number of carbonyl (C=O) groups excluding carboxylic acids is 2. The molecule has 3 rings (SSSR count). The lowest BCUT2D eigenvalue weighted by atomic mass is 10.2. The van der Waals surface area contributed by atoms with Gasteiger partial charge in [-0.3, -0.25) is 0 Å². The molecule has 1 heterocycles. The van der Waals surface area contributed by atoms with E-state index in [4.69, 9.17) is 27.9 Å². The van der Waals surface area contributed by atoms with Gasteiger partial charge >= 0.3 is 11.9 Å². The van der Waals surface area contributed by atoms with Crippen LogP contribution in [0.2, 0.25) is 10.0 Å². The third-order valence-electron chi connectivity index (χ3n) is 3.17. The molecule has 2 aromatic rings. The standard InChI is InChI=1S/C16H11Cl2NO4/c17-10-1-4-12(5-2-10)22-14-6-3-11(18)7-13(14)19-8-15(20)23-16(21)9-19/h1-7H,8-9H2. The fraction of sp³-hybridized carbons (Fsp3) is 0.125. The third kappa shape index (κ3) is 3.75. The summed E-state index contributed by atoms with van der Waals surface area (Å²) in [4.78, 5) is 24.5. The minimum atomic E-state index is -0.612. The third-order valence-corrected chi connectivity index (χ3v) is 3.66. The predicted octanol–water partition coefficient (Wildman–Crippen LogP) is 3.68. The molecule has 23 heavy (non-hydrogen) atoms. The van der Waals surface area contributed by atoms with E-state index in [0.717, 1.165) is 0 Å². The van der Waals surface area contributed by atoms with Gasteiger partial charge in [-0.15, -0.1) is 0 Å². The highest BCUT2D eigenvalue weighted by Crippen LogP contribution is 2.35. The number of cyclic esters (lactones) is 2. The Morgan fingerprint density at radius 3 is 2.17 bits per heavy atom. The summed E-state index contributed by atoms with van der Waals surface area (Å²) in [6.07, 6.45) is 0. The lowest BCUT2D eigenvalue weighted by Crippen LogP contribution is -2.43. The summed E-state index contributed by atoms with van der Waals surface area (Å²) in [5, 5.41) is 1.06. The summed E-state index contributed by atoms with van der Waals surface area (Å²) >= 11 is 11.9. The molecule has 2 aromatic carbocycles. The molecule has 0 unspecified atom stereocenters. The number of esters is 2. The van der Waals surface area contributed by atoms with Crippen molar-refractivity contribution in [3.8, 4) is 11.5 Å². The first kappa shape index (κ1) is 15.6. The number of hydrogen-bond donors (Lipinski definition) is 0. The van der Waals surface area contributed by atoms with Crippen LogP contribution in [0.4, 0.5) is 5.69 Å². The Morgan fingerprint density at radius 1 is 0.913 bits per heavy atom. The molecule has 0 atom stereocenters. The van der Waals surface area contributed by atoms with Gasteiger partial charge in [0.05, 0.1) is 5.69 Å². The molecule has 1 fully saturated rings. The summed E-state index contributed by atoms with van der Waals surface area (Å²) in [7, 11) is 0. The van der Waals surface area contributed by atoms with E-state index in [2.05, 4.69) is 4.74 Å². The van der Waals surface area contributed by atoms with Crippen molar-refractivity contribution in [3.63, 3.8) is 0 Å². The number of hydrogen-bond acceptors (Lipinski definition) is 5. The van der Waals surface area contributed by atoms with Crippen molar-refractivity contribution in [1.82, 2.24) is 0 Å². The molecule has 0 amide bonds. The minimum absolute atomic E-state index is 0.0525. The van der Waals surface area contributed by atoms with Gasteiger partial charge in [-0.1, -0.05) is 23.2 Å². The summed E-state index contributed by atoms with van der Waals surface area (Å²) in [6.45, 7) is -0.105. The van der Waals surface area contributed by atoms with Crippen molar-refractivity contribution in [3.05, 3.63) is 52.5 Å². The highest BCUT2D eigenvalue weighted by Gasteiger charge is 2.27. The quantitative estimate of drug-likeness (QED) is 0.623. The topological polar surface area (TPSA) is 55.8 Å². The zero-order chi connectivity index (χ0) is 16.4. The van der Waals surface area contributed by atoms with Crippen LogP contribution in [-0.2, 0) is 14.3 Å². The number of ether oxygens (including phenoxy) is 2. The predicted molar refractivity (Wildman–Crippen MR) is 86.3 cm³/mol. The van der Waals surface area contributed by atoms with Gasteiger partial charge in [0.2, 0.25) is 0 Å². The first-order chi connectivity index (χ1) is 11.0. The first-order valence-electron chi connectivity index (χ1n) is 6.73. The Morgan fingerprint density at radius 2 is 1.52 bits per heavy atom. The van der Waals surface area contributed by atoms with Crippen molar-refractivity contribution in [2.24, 2.45) is 0 Å². The molecule has 0 bridgehead atoms. The molecule has 0 spiro atoms. The molecule has 1 saturated heterocycles. The second kappa shape index (κ2) is 6.48. The molecular weight excluding hydrogens is 341 g/mol. The van der Waals surface area contributed by atoms with Crippen molar-refractivity contribution >= 4 is 40.8 Å². The van der Waals surface area contributed by atoms with Gasteiger partial charge in [0.1, 0.15) is 18.8 Å². The molecule has 0 aromatic heterocycles. The highest BCUT2D eigenvalue weighted by molar-refractivity contribution is 6.31. The normalized spacial score (nSPS) is 14.6. The molecule has 0 aliphatic carbocycles. The molecule has 0 N–H and O–H groups in total. The van der Waals surface area contributed by atoms with E-state index in [1.165, 1.54) is 0 Å². The Balaban J connectivity index is 1.92. The van der Waals surface area contributed by atoms with Crippen molar-refractivity contribution in [2.75, 3.05) is 18.0 Å². The van der Waals surface area contributed by atoms with Crippen LogP contribution < -0.4 is 9.64 Å². The average molecular weight is 352 g/mol. The zero-order valence-corrected chi connectivity index (χ0v) is 13.3. The van der Waals surface area contributed by atoms with E-state index in [1.807, 2.05) is 0 Å². The second-order valence-electron chi connectivity index (χ2n) is 4.87. The number of benzene rings is 2. The number of rotatable bonds is 3. The number of anilines is 1. The highest BCUT2D eigenvalue weighted by atomic mass is 35.5. The molecule has 5 nitrogen and oxygen atoms in total. The van der Waals surface area contributed by atoms with E-state index < -0.39 is 11.9 Å². The Hall–Kier alpha value is -2.24. The second-order valence-corrected chi connectivity index (χ2v) is 5.74. The van der Waals surface area contributed by atoms with Crippen LogP contribution in [0.3, 0.4) is 0 Å². The lowest BCUT2D eigenvalue weighted by molar-refractivity contribution is -0.160. The Kier molecular flexibility index (Phi) is 4.41. The smallest absolute Gasteiger partial charge is 0.333 e. The van der Waals surface area contributed by atoms with Gasteiger partial charge in [-0.25, -0.2) is 9.59 Å². The fourth-order valence-electron chi connectivity index (χ4n) is 2.18. The van der Waals surface area contributed by atoms with Crippen molar-refractivity contribution < 1.29 is 19.1 Å². The summed E-state index contributed by atoms with van der Waals surface area (Å²) < 4.78 is 10.4. The van der Waals surface area contributed by atoms with Crippen molar-refractivity contribution in [2.45, 2.75) is 0 Å². The van der Waals surface area contributed by atoms with E-state index in [0.29, 0.717) is 27.2 Å². The van der Waals surface area contributed by atoms with Gasteiger partial charge in [-0.05, 0) is 42.5 Å². The fourth-order valence-corrected chi connectivity index (χ4v) is 2.48. The monoisotopic (exact) mass is 351 g/mol. The lowest BCUT2D eigenvalue weighted by Gasteiger charge is -2.28. The SMILES string of the molecule is O=C1CN(c2cc(Cl)ccc2Oc2ccc(Cl)cc2)CC(=O)O1. The van der Waals surface area contributed by atoms with Crippen LogP contribution in [0.15, 0.2) is 42.5 Å². The maximum atomic E-state index is 11.5. The molecule has 0 saturated carbocycles. The van der Waals surface area contributed by atoms with Crippen LogP contribution in [0.5, 0.6) is 11.5 Å². The molecule has 1 aliphatic heterocycles. The van der Waals surface area contributed by atoms with Crippen molar-refractivity contribution in [1.29, 1.82) is 0 Å². The van der Waals surface area contributed by atoms with Gasteiger partial charge in [-0.2, -0.15) is 0 Å². The van der Waals surface area contributed by atoms with Gasteiger partial charge < -0.3 is 14.4 Å². The number of carbonyl (C=O) groups is 2. The van der Waals surface area contributed by atoms with Gasteiger partial charge in [0.25, 0.3) is 0 Å². The molecule has 1 aliphatic rings. The largest absolute Gasteiger partial charge is 0.455 e.